The Labute approximate surface area is 140 Å². The number of halogens is 1. The summed E-state index contributed by atoms with van der Waals surface area (Å²) in [5.74, 6) is 0.901. The van der Waals surface area contributed by atoms with E-state index >= 15 is 0 Å². The summed E-state index contributed by atoms with van der Waals surface area (Å²) < 4.78 is 11.6. The molecule has 2 rings (SSSR count). The van der Waals surface area contributed by atoms with Gasteiger partial charge in [-0.1, -0.05) is 0 Å². The average molecular weight is 373 g/mol. The molecular formula is C16H25BrN2O3. The smallest absolute Gasteiger partial charge is 0.410 e. The zero-order chi connectivity index (χ0) is 16.2. The van der Waals surface area contributed by atoms with Gasteiger partial charge in [-0.15, -0.1) is 0 Å². The molecule has 0 aromatic carbocycles. The first-order valence-electron chi connectivity index (χ1n) is 7.80. The summed E-state index contributed by atoms with van der Waals surface area (Å²) >= 11 is 3.28. The van der Waals surface area contributed by atoms with Crippen LogP contribution in [0.15, 0.2) is 21.2 Å². The van der Waals surface area contributed by atoms with Crippen LogP contribution in [0.3, 0.4) is 0 Å². The van der Waals surface area contributed by atoms with Gasteiger partial charge in [0.2, 0.25) is 0 Å². The number of rotatable bonds is 7. The number of furan rings is 1. The van der Waals surface area contributed by atoms with E-state index in [2.05, 4.69) is 21.2 Å². The lowest BCUT2D eigenvalue weighted by molar-refractivity contribution is 0.0232. The van der Waals surface area contributed by atoms with E-state index in [1.807, 2.05) is 37.8 Å². The molecular weight excluding hydrogens is 348 g/mol. The minimum absolute atomic E-state index is 0.190. The van der Waals surface area contributed by atoms with Crippen molar-refractivity contribution in [2.45, 2.75) is 58.2 Å². The van der Waals surface area contributed by atoms with Gasteiger partial charge in [0.25, 0.3) is 0 Å². The zero-order valence-corrected chi connectivity index (χ0v) is 15.1. The molecule has 0 atom stereocenters. The van der Waals surface area contributed by atoms with E-state index in [0.717, 1.165) is 42.8 Å². The summed E-state index contributed by atoms with van der Waals surface area (Å²) in [6, 6.07) is 4.19. The molecule has 0 radical (unpaired) electrons. The Morgan fingerprint density at radius 2 is 2.18 bits per heavy atom. The van der Waals surface area contributed by atoms with Crippen LogP contribution in [0, 0.1) is 0 Å². The van der Waals surface area contributed by atoms with Crippen molar-refractivity contribution in [3.05, 3.63) is 22.6 Å². The number of amides is 1. The Morgan fingerprint density at radius 1 is 1.45 bits per heavy atom. The van der Waals surface area contributed by atoms with Crippen LogP contribution in [0.2, 0.25) is 0 Å². The number of hydrogen-bond acceptors (Lipinski definition) is 4. The molecule has 5 nitrogen and oxygen atoms in total. The minimum Gasteiger partial charge on any atom is -0.453 e. The van der Waals surface area contributed by atoms with Crippen LogP contribution >= 0.6 is 15.9 Å². The minimum atomic E-state index is -0.435. The van der Waals surface area contributed by atoms with E-state index in [0.29, 0.717) is 12.6 Å². The zero-order valence-electron chi connectivity index (χ0n) is 13.5. The van der Waals surface area contributed by atoms with Gasteiger partial charge in [-0.3, -0.25) is 0 Å². The molecule has 0 bridgehead atoms. The van der Waals surface area contributed by atoms with Crippen molar-refractivity contribution in [1.82, 2.24) is 10.2 Å². The third kappa shape index (κ3) is 6.01. The quantitative estimate of drug-likeness (QED) is 0.736. The summed E-state index contributed by atoms with van der Waals surface area (Å²) in [5.41, 5.74) is -0.435. The Kier molecular flexibility index (Phi) is 5.92. The summed E-state index contributed by atoms with van der Waals surface area (Å²) in [6.45, 7) is 7.97. The third-order valence-electron chi connectivity index (χ3n) is 3.30. The monoisotopic (exact) mass is 372 g/mol. The molecule has 1 N–H and O–H groups in total. The van der Waals surface area contributed by atoms with Crippen LogP contribution in [0.25, 0.3) is 0 Å². The number of hydrogen-bond donors (Lipinski definition) is 1. The molecule has 0 saturated heterocycles. The Bertz CT molecular complexity index is 492. The normalized spacial score (nSPS) is 14.9. The topological polar surface area (TPSA) is 54.7 Å². The van der Waals surface area contributed by atoms with Crippen LogP contribution in [0.5, 0.6) is 0 Å². The number of nitrogens with one attached hydrogen (secondary N) is 1. The van der Waals surface area contributed by atoms with E-state index in [1.165, 1.54) is 0 Å². The van der Waals surface area contributed by atoms with E-state index in [4.69, 9.17) is 9.15 Å². The first-order chi connectivity index (χ1) is 10.3. The molecule has 1 fully saturated rings. The second-order valence-electron chi connectivity index (χ2n) is 6.64. The van der Waals surface area contributed by atoms with Gasteiger partial charge in [0, 0.05) is 12.6 Å². The largest absolute Gasteiger partial charge is 0.453 e. The predicted octanol–water partition coefficient (Wildman–Crippen LogP) is 3.92. The maximum atomic E-state index is 12.2. The van der Waals surface area contributed by atoms with E-state index in [9.17, 15) is 4.79 Å². The lowest BCUT2D eigenvalue weighted by Gasteiger charge is -2.27. The molecule has 1 aliphatic carbocycles. The van der Waals surface area contributed by atoms with Gasteiger partial charge >= 0.3 is 6.09 Å². The maximum Gasteiger partial charge on any atom is 0.410 e. The molecule has 1 saturated carbocycles. The second-order valence-corrected chi connectivity index (χ2v) is 7.42. The highest BCUT2D eigenvalue weighted by Crippen LogP contribution is 2.28. The number of carbonyl (C=O) groups is 1. The second kappa shape index (κ2) is 7.51. The number of carbonyl (C=O) groups excluding carboxylic acids is 1. The molecule has 0 unspecified atom stereocenters. The lowest BCUT2D eigenvalue weighted by Crippen LogP contribution is -2.39. The first kappa shape index (κ1) is 17.3. The van der Waals surface area contributed by atoms with Crippen LogP contribution in [0.1, 0.15) is 45.8 Å². The van der Waals surface area contributed by atoms with Gasteiger partial charge in [-0.25, -0.2) is 4.79 Å². The summed E-state index contributed by atoms with van der Waals surface area (Å²) in [6.07, 6.45) is 2.89. The Balaban J connectivity index is 1.67. The predicted molar refractivity (Wildman–Crippen MR) is 88.7 cm³/mol. The van der Waals surface area contributed by atoms with Crippen molar-refractivity contribution < 1.29 is 13.9 Å². The SMILES string of the molecule is CC(C)(C)OC(=O)N(CCCNCc1ccc(Br)o1)C1CC1. The average Bonchev–Trinajstić information content (AvgIpc) is 3.14. The molecule has 124 valence electrons. The third-order valence-corrected chi connectivity index (χ3v) is 3.72. The highest BCUT2D eigenvalue weighted by molar-refractivity contribution is 9.10. The van der Waals surface area contributed by atoms with E-state index < -0.39 is 5.60 Å². The highest BCUT2D eigenvalue weighted by Gasteiger charge is 2.34. The molecule has 1 aliphatic rings. The first-order valence-corrected chi connectivity index (χ1v) is 8.59. The fourth-order valence-electron chi connectivity index (χ4n) is 2.16. The maximum absolute atomic E-state index is 12.2. The highest BCUT2D eigenvalue weighted by atomic mass is 79.9. The van der Waals surface area contributed by atoms with Crippen molar-refractivity contribution in [2.24, 2.45) is 0 Å². The molecule has 1 aromatic rings. The van der Waals surface area contributed by atoms with Crippen molar-refractivity contribution in [3.8, 4) is 0 Å². The summed E-state index contributed by atoms with van der Waals surface area (Å²) in [5, 5.41) is 3.32. The van der Waals surface area contributed by atoms with Crippen molar-refractivity contribution in [3.63, 3.8) is 0 Å². The van der Waals surface area contributed by atoms with Gasteiger partial charge in [-0.05, 0) is 74.6 Å². The van der Waals surface area contributed by atoms with Crippen LogP contribution in [-0.2, 0) is 11.3 Å². The molecule has 22 heavy (non-hydrogen) atoms. The number of ether oxygens (including phenoxy) is 1. The molecule has 1 aromatic heterocycles. The van der Waals surface area contributed by atoms with Gasteiger partial charge in [0.15, 0.2) is 4.67 Å². The summed E-state index contributed by atoms with van der Waals surface area (Å²) in [4.78, 5) is 14.1. The molecule has 1 amide bonds. The molecule has 0 spiro atoms. The van der Waals surface area contributed by atoms with E-state index in [1.54, 1.807) is 0 Å². The molecule has 6 heteroatoms. The fourth-order valence-corrected chi connectivity index (χ4v) is 2.50. The Hall–Kier alpha value is -1.01. The van der Waals surface area contributed by atoms with Crippen LogP contribution in [-0.4, -0.2) is 35.7 Å². The van der Waals surface area contributed by atoms with Gasteiger partial charge in [0.05, 0.1) is 6.54 Å². The molecule has 0 aliphatic heterocycles. The van der Waals surface area contributed by atoms with Crippen LogP contribution in [0.4, 0.5) is 4.79 Å². The van der Waals surface area contributed by atoms with Crippen molar-refractivity contribution in [1.29, 1.82) is 0 Å². The van der Waals surface area contributed by atoms with Crippen molar-refractivity contribution >= 4 is 22.0 Å². The van der Waals surface area contributed by atoms with Gasteiger partial charge in [-0.2, -0.15) is 0 Å². The lowest BCUT2D eigenvalue weighted by atomic mass is 10.2. The molecule has 1 heterocycles. The standard InChI is InChI=1S/C16H25BrN2O3/c1-16(2,3)22-15(20)19(12-5-6-12)10-4-9-18-11-13-7-8-14(17)21-13/h7-8,12,18H,4-6,9-11H2,1-3H3. The van der Waals surface area contributed by atoms with E-state index in [-0.39, 0.29) is 6.09 Å². The van der Waals surface area contributed by atoms with Crippen molar-refractivity contribution in [2.75, 3.05) is 13.1 Å². The summed E-state index contributed by atoms with van der Waals surface area (Å²) in [7, 11) is 0. The fraction of sp³-hybridized carbons (Fsp3) is 0.688. The van der Waals surface area contributed by atoms with Gasteiger partial charge < -0.3 is 19.4 Å². The van der Waals surface area contributed by atoms with Crippen LogP contribution < -0.4 is 5.32 Å². The Morgan fingerprint density at radius 3 is 2.73 bits per heavy atom. The number of nitrogens with zero attached hydrogens (tertiary/aromatic N) is 1. The van der Waals surface area contributed by atoms with Gasteiger partial charge in [0.1, 0.15) is 11.4 Å².